The van der Waals surface area contributed by atoms with Crippen LogP contribution in [0.2, 0.25) is 0 Å². The van der Waals surface area contributed by atoms with Crippen molar-refractivity contribution in [2.45, 2.75) is 39.2 Å². The van der Waals surface area contributed by atoms with Crippen LogP contribution in [0.25, 0.3) is 6.08 Å². The minimum atomic E-state index is -0.801. The molecule has 1 heterocycles. The van der Waals surface area contributed by atoms with Crippen LogP contribution in [0, 0.1) is 0 Å². The van der Waals surface area contributed by atoms with Crippen molar-refractivity contribution in [3.05, 3.63) is 63.0 Å². The number of rotatable bonds is 12. The monoisotopic (exact) mass is 563 g/mol. The lowest BCUT2D eigenvalue weighted by Crippen LogP contribution is -2.29. The number of carbonyl (C=O) groups excluding carboxylic acids is 1. The van der Waals surface area contributed by atoms with Gasteiger partial charge >= 0.3 is 5.97 Å². The Hall–Kier alpha value is -2.36. The van der Waals surface area contributed by atoms with Gasteiger partial charge in [-0.3, -0.25) is 14.5 Å². The third kappa shape index (κ3) is 7.58. The summed E-state index contributed by atoms with van der Waals surface area (Å²) < 4.78 is 13.3. The number of benzene rings is 2. The highest BCUT2D eigenvalue weighted by Gasteiger charge is 2.31. The molecule has 2 aromatic carbocycles. The molecule has 9 heteroatoms. The van der Waals surface area contributed by atoms with Gasteiger partial charge in [-0.05, 0) is 61.2 Å². The van der Waals surface area contributed by atoms with Crippen molar-refractivity contribution in [3.63, 3.8) is 0 Å². The zero-order valence-corrected chi connectivity index (χ0v) is 22.0. The standard InChI is InChI=1S/C25H26BrNO5S2/c1-2-31-21-14-18(9-12-20(21)32-16-17-7-10-19(26)11-8-17)15-22-24(30)27(25(33)34-22)13-5-3-4-6-23(28)29/h7-12,14-15H,2-6,13,16H2,1H3,(H,28,29)/b22-15+. The number of aliphatic carboxylic acids is 1. The second kappa shape index (κ2) is 12.9. The van der Waals surface area contributed by atoms with Crippen molar-refractivity contribution in [3.8, 4) is 11.5 Å². The van der Waals surface area contributed by atoms with Crippen molar-refractivity contribution in [2.24, 2.45) is 0 Å². The summed E-state index contributed by atoms with van der Waals surface area (Å²) in [6.07, 6.45) is 4.00. The molecular weight excluding hydrogens is 538 g/mol. The Morgan fingerprint density at radius 1 is 1.12 bits per heavy atom. The summed E-state index contributed by atoms with van der Waals surface area (Å²) in [5.41, 5.74) is 1.86. The van der Waals surface area contributed by atoms with Crippen LogP contribution in [-0.2, 0) is 16.2 Å². The molecule has 3 rings (SSSR count). The average Bonchev–Trinajstić information content (AvgIpc) is 3.06. The number of amides is 1. The van der Waals surface area contributed by atoms with Gasteiger partial charge in [0, 0.05) is 17.4 Å². The molecule has 1 aliphatic rings. The SMILES string of the molecule is CCOc1cc(/C=C2/SC(=S)N(CCCCCC(=O)O)C2=O)ccc1OCc1ccc(Br)cc1. The van der Waals surface area contributed by atoms with E-state index in [1.165, 1.54) is 11.8 Å². The van der Waals surface area contributed by atoms with Crippen LogP contribution in [0.5, 0.6) is 11.5 Å². The van der Waals surface area contributed by atoms with Crippen molar-refractivity contribution in [1.29, 1.82) is 0 Å². The molecule has 0 unspecified atom stereocenters. The summed E-state index contributed by atoms with van der Waals surface area (Å²) in [6, 6.07) is 13.5. The van der Waals surface area contributed by atoms with E-state index in [9.17, 15) is 9.59 Å². The van der Waals surface area contributed by atoms with Gasteiger partial charge in [-0.15, -0.1) is 0 Å². The molecule has 0 bridgehead atoms. The number of hydrogen-bond donors (Lipinski definition) is 1. The lowest BCUT2D eigenvalue weighted by atomic mass is 10.1. The molecule has 0 aliphatic carbocycles. The highest BCUT2D eigenvalue weighted by Crippen LogP contribution is 2.35. The molecule has 1 amide bonds. The number of thiocarbonyl (C=S) groups is 1. The van der Waals surface area contributed by atoms with E-state index in [2.05, 4.69) is 15.9 Å². The number of halogens is 1. The molecule has 6 nitrogen and oxygen atoms in total. The van der Waals surface area contributed by atoms with E-state index in [1.807, 2.05) is 55.5 Å². The Balaban J connectivity index is 1.65. The first-order valence-corrected chi connectivity index (χ1v) is 13.0. The maximum atomic E-state index is 12.8. The highest BCUT2D eigenvalue weighted by atomic mass is 79.9. The van der Waals surface area contributed by atoms with Crippen LogP contribution in [0.15, 0.2) is 51.8 Å². The topological polar surface area (TPSA) is 76.1 Å². The number of hydrogen-bond acceptors (Lipinski definition) is 6. The number of thioether (sulfide) groups is 1. The van der Waals surface area contributed by atoms with Crippen LogP contribution in [0.4, 0.5) is 0 Å². The molecule has 0 saturated carbocycles. The normalized spacial score (nSPS) is 14.6. The maximum Gasteiger partial charge on any atom is 0.303 e. The Labute approximate surface area is 217 Å². The van der Waals surface area contributed by atoms with E-state index in [1.54, 1.807) is 4.90 Å². The van der Waals surface area contributed by atoms with Crippen molar-refractivity contribution >= 4 is 62.2 Å². The molecular formula is C25H26BrNO5S2. The smallest absolute Gasteiger partial charge is 0.303 e. The van der Waals surface area contributed by atoms with E-state index in [4.69, 9.17) is 26.8 Å². The summed E-state index contributed by atoms with van der Waals surface area (Å²) in [6.45, 7) is 3.31. The van der Waals surface area contributed by atoms with Crippen molar-refractivity contribution in [1.82, 2.24) is 4.90 Å². The van der Waals surface area contributed by atoms with Gasteiger partial charge in [0.2, 0.25) is 0 Å². The van der Waals surface area contributed by atoms with Crippen LogP contribution in [0.3, 0.4) is 0 Å². The number of carbonyl (C=O) groups is 2. The lowest BCUT2D eigenvalue weighted by Gasteiger charge is -2.14. The Morgan fingerprint density at radius 2 is 1.88 bits per heavy atom. The Morgan fingerprint density at radius 3 is 2.59 bits per heavy atom. The van der Waals surface area contributed by atoms with Gasteiger partial charge < -0.3 is 14.6 Å². The fourth-order valence-corrected chi connectivity index (χ4v) is 4.88. The van der Waals surface area contributed by atoms with Gasteiger partial charge in [0.25, 0.3) is 5.91 Å². The van der Waals surface area contributed by atoms with Gasteiger partial charge in [-0.25, -0.2) is 0 Å². The molecule has 2 aromatic rings. The lowest BCUT2D eigenvalue weighted by molar-refractivity contribution is -0.137. The molecule has 0 atom stereocenters. The zero-order chi connectivity index (χ0) is 24.5. The van der Waals surface area contributed by atoms with Crippen LogP contribution >= 0.6 is 39.9 Å². The van der Waals surface area contributed by atoms with E-state index < -0.39 is 5.97 Å². The van der Waals surface area contributed by atoms with Crippen LogP contribution in [0.1, 0.15) is 43.7 Å². The van der Waals surface area contributed by atoms with E-state index >= 15 is 0 Å². The van der Waals surface area contributed by atoms with Gasteiger partial charge in [0.1, 0.15) is 10.9 Å². The first kappa shape index (κ1) is 26.2. The largest absolute Gasteiger partial charge is 0.490 e. The van der Waals surface area contributed by atoms with Crippen LogP contribution < -0.4 is 9.47 Å². The van der Waals surface area contributed by atoms with Gasteiger partial charge in [-0.2, -0.15) is 0 Å². The van der Waals surface area contributed by atoms with E-state index in [-0.39, 0.29) is 12.3 Å². The number of ether oxygens (including phenoxy) is 2. The fraction of sp³-hybridized carbons (Fsp3) is 0.320. The number of carboxylic acids is 1. The Bertz CT molecular complexity index is 1070. The van der Waals surface area contributed by atoms with Gasteiger partial charge in [0.05, 0.1) is 11.5 Å². The molecule has 0 aromatic heterocycles. The molecule has 0 spiro atoms. The quantitative estimate of drug-likeness (QED) is 0.185. The third-order valence-electron chi connectivity index (χ3n) is 5.02. The molecule has 1 N–H and O–H groups in total. The second-order valence-corrected chi connectivity index (χ2v) is 10.2. The summed E-state index contributed by atoms with van der Waals surface area (Å²) in [4.78, 5) is 25.6. The van der Waals surface area contributed by atoms with Crippen LogP contribution in [-0.4, -0.2) is 39.4 Å². The molecule has 1 saturated heterocycles. The first-order chi connectivity index (χ1) is 16.4. The third-order valence-corrected chi connectivity index (χ3v) is 6.93. The predicted octanol–water partition coefficient (Wildman–Crippen LogP) is 6.27. The maximum absolute atomic E-state index is 12.8. The first-order valence-electron chi connectivity index (χ1n) is 11.0. The summed E-state index contributed by atoms with van der Waals surface area (Å²) in [5, 5.41) is 8.73. The van der Waals surface area contributed by atoms with Gasteiger partial charge in [-0.1, -0.05) is 64.5 Å². The predicted molar refractivity (Wildman–Crippen MR) is 142 cm³/mol. The van der Waals surface area contributed by atoms with Crippen molar-refractivity contribution in [2.75, 3.05) is 13.2 Å². The zero-order valence-electron chi connectivity index (χ0n) is 18.8. The summed E-state index contributed by atoms with van der Waals surface area (Å²) in [5.74, 6) is 0.324. The highest BCUT2D eigenvalue weighted by molar-refractivity contribution is 9.10. The van der Waals surface area contributed by atoms with Gasteiger partial charge in [0.15, 0.2) is 11.5 Å². The number of carboxylic acid groups (broad SMARTS) is 1. The summed E-state index contributed by atoms with van der Waals surface area (Å²) >= 11 is 10.1. The second-order valence-electron chi connectivity index (χ2n) is 7.59. The molecule has 180 valence electrons. The minimum Gasteiger partial charge on any atom is -0.490 e. The number of unbranched alkanes of at least 4 members (excludes halogenated alkanes) is 2. The molecule has 0 radical (unpaired) electrons. The summed E-state index contributed by atoms with van der Waals surface area (Å²) in [7, 11) is 0. The number of nitrogens with zero attached hydrogens (tertiary/aromatic N) is 1. The molecule has 1 aliphatic heterocycles. The fourth-order valence-electron chi connectivity index (χ4n) is 3.31. The van der Waals surface area contributed by atoms with Crippen molar-refractivity contribution < 1.29 is 24.2 Å². The van der Waals surface area contributed by atoms with E-state index in [0.717, 1.165) is 22.0 Å². The molecule has 1 fully saturated rings. The Kier molecular flexibility index (Phi) is 9.98. The van der Waals surface area contributed by atoms with E-state index in [0.29, 0.717) is 53.3 Å². The molecule has 34 heavy (non-hydrogen) atoms. The average molecular weight is 565 g/mol. The minimum absolute atomic E-state index is 0.123.